The van der Waals surface area contributed by atoms with E-state index >= 15 is 0 Å². The van der Waals surface area contributed by atoms with Crippen molar-refractivity contribution < 1.29 is 13.2 Å². The van der Waals surface area contributed by atoms with Crippen molar-refractivity contribution in [2.24, 2.45) is 0 Å². The van der Waals surface area contributed by atoms with Crippen molar-refractivity contribution in [1.82, 2.24) is 5.32 Å². The van der Waals surface area contributed by atoms with Crippen molar-refractivity contribution >= 4 is 21.4 Å². The highest BCUT2D eigenvalue weighted by Gasteiger charge is 2.11. The van der Waals surface area contributed by atoms with Crippen LogP contribution in [0.5, 0.6) is 0 Å². The molecular weight excluding hydrogens is 264 g/mol. The number of benzene rings is 1. The molecule has 0 aromatic heterocycles. The Balaban J connectivity index is 2.65. The van der Waals surface area contributed by atoms with Crippen LogP contribution in [0.1, 0.15) is 23.7 Å². The maximum Gasteiger partial charge on any atom is 0.253 e. The van der Waals surface area contributed by atoms with Gasteiger partial charge in [-0.25, -0.2) is 8.42 Å². The van der Waals surface area contributed by atoms with Gasteiger partial charge in [-0.05, 0) is 18.6 Å². The lowest BCUT2D eigenvalue weighted by Gasteiger charge is -2.11. The minimum atomic E-state index is -3.06. The Morgan fingerprint density at radius 3 is 2.53 bits per heavy atom. The molecule has 1 amide bonds. The second-order valence-electron chi connectivity index (χ2n) is 4.36. The van der Waals surface area contributed by atoms with Gasteiger partial charge in [-0.1, -0.05) is 19.1 Å². The molecule has 0 fully saturated rings. The quantitative estimate of drug-likeness (QED) is 0.791. The molecule has 1 aromatic rings. The first kappa shape index (κ1) is 15.5. The first-order valence-corrected chi connectivity index (χ1v) is 8.29. The minimum absolute atomic E-state index is 0.0523. The van der Waals surface area contributed by atoms with Crippen LogP contribution in [0.4, 0.5) is 5.69 Å². The second-order valence-corrected chi connectivity index (χ2v) is 6.62. The summed E-state index contributed by atoms with van der Waals surface area (Å²) in [6.45, 7) is 2.95. The van der Waals surface area contributed by atoms with E-state index in [0.29, 0.717) is 5.56 Å². The fourth-order valence-corrected chi connectivity index (χ4v) is 2.01. The highest BCUT2D eigenvalue weighted by molar-refractivity contribution is 7.90. The maximum absolute atomic E-state index is 12.0. The third-order valence-corrected chi connectivity index (χ3v) is 3.44. The lowest BCUT2D eigenvalue weighted by Crippen LogP contribution is -2.29. The van der Waals surface area contributed by atoms with E-state index in [2.05, 4.69) is 10.6 Å². The molecule has 0 saturated heterocycles. The second kappa shape index (κ2) is 7.13. The molecule has 5 nitrogen and oxygen atoms in total. The van der Waals surface area contributed by atoms with E-state index in [1.54, 1.807) is 12.1 Å². The largest absolute Gasteiger partial charge is 0.384 e. The molecule has 0 spiro atoms. The number of nitrogens with one attached hydrogen (secondary N) is 2. The smallest absolute Gasteiger partial charge is 0.253 e. The van der Waals surface area contributed by atoms with E-state index in [1.165, 1.54) is 0 Å². The van der Waals surface area contributed by atoms with E-state index in [9.17, 15) is 13.2 Å². The van der Waals surface area contributed by atoms with Crippen LogP contribution < -0.4 is 10.6 Å². The molecule has 0 radical (unpaired) electrons. The summed E-state index contributed by atoms with van der Waals surface area (Å²) < 4.78 is 22.0. The van der Waals surface area contributed by atoms with Crippen LogP contribution in [0.2, 0.25) is 0 Å². The Bertz CT molecular complexity index is 526. The van der Waals surface area contributed by atoms with Crippen LogP contribution >= 0.6 is 0 Å². The summed E-state index contributed by atoms with van der Waals surface area (Å²) in [4.78, 5) is 12.0. The number of para-hydroxylation sites is 1. The van der Waals surface area contributed by atoms with Gasteiger partial charge in [0.2, 0.25) is 0 Å². The summed E-state index contributed by atoms with van der Waals surface area (Å²) in [5, 5.41) is 5.79. The van der Waals surface area contributed by atoms with Gasteiger partial charge in [0.25, 0.3) is 5.91 Å². The number of carbonyl (C=O) groups is 1. The van der Waals surface area contributed by atoms with E-state index in [0.717, 1.165) is 24.9 Å². The molecule has 0 aliphatic rings. The number of hydrogen-bond donors (Lipinski definition) is 2. The van der Waals surface area contributed by atoms with E-state index < -0.39 is 9.84 Å². The summed E-state index contributed by atoms with van der Waals surface area (Å²) in [7, 11) is -3.06. The number of amides is 1. The first-order valence-electron chi connectivity index (χ1n) is 6.23. The standard InChI is InChI=1S/C13H20N2O3S/c1-3-8-14-12-7-5-4-6-11(12)13(16)15-9-10-19(2,17)18/h4-7,14H,3,8-10H2,1-2H3,(H,15,16). The first-order chi connectivity index (χ1) is 8.94. The average molecular weight is 284 g/mol. The van der Waals surface area contributed by atoms with Gasteiger partial charge < -0.3 is 10.6 Å². The SMILES string of the molecule is CCCNc1ccccc1C(=O)NCCS(C)(=O)=O. The Labute approximate surface area is 114 Å². The van der Waals surface area contributed by atoms with Crippen LogP contribution in [0, 0.1) is 0 Å². The molecule has 0 heterocycles. The van der Waals surface area contributed by atoms with E-state index in [4.69, 9.17) is 0 Å². The molecule has 0 aliphatic heterocycles. The zero-order valence-electron chi connectivity index (χ0n) is 11.3. The maximum atomic E-state index is 12.0. The van der Waals surface area contributed by atoms with Crippen LogP contribution in [-0.4, -0.2) is 39.4 Å². The fraction of sp³-hybridized carbons (Fsp3) is 0.462. The molecule has 0 atom stereocenters. The molecular formula is C13H20N2O3S. The monoisotopic (exact) mass is 284 g/mol. The van der Waals surface area contributed by atoms with Crippen molar-refractivity contribution in [3.05, 3.63) is 29.8 Å². The minimum Gasteiger partial charge on any atom is -0.384 e. The summed E-state index contributed by atoms with van der Waals surface area (Å²) >= 11 is 0. The number of anilines is 1. The summed E-state index contributed by atoms with van der Waals surface area (Å²) in [5.74, 6) is -0.314. The molecule has 0 aliphatic carbocycles. The Hall–Kier alpha value is -1.56. The highest BCUT2D eigenvalue weighted by Crippen LogP contribution is 2.14. The lowest BCUT2D eigenvalue weighted by molar-refractivity contribution is 0.0957. The summed E-state index contributed by atoms with van der Waals surface area (Å²) in [5.41, 5.74) is 1.30. The summed E-state index contributed by atoms with van der Waals surface area (Å²) in [6.07, 6.45) is 2.11. The van der Waals surface area contributed by atoms with Crippen LogP contribution in [-0.2, 0) is 9.84 Å². The van der Waals surface area contributed by atoms with Gasteiger partial charge in [0, 0.05) is 25.0 Å². The molecule has 19 heavy (non-hydrogen) atoms. The number of carbonyl (C=O) groups excluding carboxylic acids is 1. The topological polar surface area (TPSA) is 75.3 Å². The zero-order valence-corrected chi connectivity index (χ0v) is 12.1. The van der Waals surface area contributed by atoms with Crippen LogP contribution in [0.15, 0.2) is 24.3 Å². The van der Waals surface area contributed by atoms with Gasteiger partial charge in [0.1, 0.15) is 9.84 Å². The van der Waals surface area contributed by atoms with Crippen molar-refractivity contribution in [2.75, 3.05) is 30.4 Å². The zero-order chi connectivity index (χ0) is 14.3. The van der Waals surface area contributed by atoms with Crippen molar-refractivity contribution in [3.8, 4) is 0 Å². The van der Waals surface area contributed by atoms with Gasteiger partial charge in [-0.3, -0.25) is 4.79 Å². The fourth-order valence-electron chi connectivity index (χ4n) is 1.54. The lowest BCUT2D eigenvalue weighted by atomic mass is 10.1. The Morgan fingerprint density at radius 2 is 1.89 bits per heavy atom. The average Bonchev–Trinajstić information content (AvgIpc) is 2.35. The number of sulfone groups is 1. The van der Waals surface area contributed by atoms with Gasteiger partial charge in [-0.2, -0.15) is 0 Å². The normalized spacial score (nSPS) is 11.1. The molecule has 0 unspecified atom stereocenters. The van der Waals surface area contributed by atoms with Crippen molar-refractivity contribution in [3.63, 3.8) is 0 Å². The molecule has 0 bridgehead atoms. The molecule has 0 saturated carbocycles. The Morgan fingerprint density at radius 1 is 1.21 bits per heavy atom. The Kier molecular flexibility index (Phi) is 5.82. The van der Waals surface area contributed by atoms with Gasteiger partial charge in [0.05, 0.1) is 11.3 Å². The number of hydrogen-bond acceptors (Lipinski definition) is 4. The van der Waals surface area contributed by atoms with Crippen molar-refractivity contribution in [2.45, 2.75) is 13.3 Å². The van der Waals surface area contributed by atoms with Gasteiger partial charge in [0.15, 0.2) is 0 Å². The predicted molar refractivity (Wildman–Crippen MR) is 77.3 cm³/mol. The summed E-state index contributed by atoms with van der Waals surface area (Å²) in [6, 6.07) is 7.18. The third kappa shape index (κ3) is 5.74. The molecule has 106 valence electrons. The van der Waals surface area contributed by atoms with Crippen molar-refractivity contribution in [1.29, 1.82) is 0 Å². The highest BCUT2D eigenvalue weighted by atomic mass is 32.2. The molecule has 1 aromatic carbocycles. The number of rotatable bonds is 7. The van der Waals surface area contributed by atoms with Crippen LogP contribution in [0.3, 0.4) is 0 Å². The third-order valence-electron chi connectivity index (χ3n) is 2.50. The molecule has 2 N–H and O–H groups in total. The van der Waals surface area contributed by atoms with E-state index in [-0.39, 0.29) is 18.2 Å². The van der Waals surface area contributed by atoms with Gasteiger partial charge in [-0.15, -0.1) is 0 Å². The molecule has 1 rings (SSSR count). The van der Waals surface area contributed by atoms with Gasteiger partial charge >= 0.3 is 0 Å². The van der Waals surface area contributed by atoms with E-state index in [1.807, 2.05) is 19.1 Å². The molecule has 6 heteroatoms. The van der Waals surface area contributed by atoms with Crippen LogP contribution in [0.25, 0.3) is 0 Å². The predicted octanol–water partition coefficient (Wildman–Crippen LogP) is 1.28.